The summed E-state index contributed by atoms with van der Waals surface area (Å²) in [5.74, 6) is 0.934. The normalized spacial score (nSPS) is 12.0. The van der Waals surface area contributed by atoms with E-state index in [4.69, 9.17) is 16.2 Å². The third-order valence-electron chi connectivity index (χ3n) is 3.95. The number of nitrogens with one attached hydrogen (secondary N) is 2. The lowest BCUT2D eigenvalue weighted by Gasteiger charge is -2.13. The number of guanidine groups is 1. The molecule has 27 heavy (non-hydrogen) atoms. The van der Waals surface area contributed by atoms with Crippen molar-refractivity contribution < 1.29 is 4.74 Å². The van der Waals surface area contributed by atoms with Gasteiger partial charge in [0, 0.05) is 17.3 Å². The molecule has 0 spiro atoms. The first-order valence-corrected chi connectivity index (χ1v) is 8.43. The third kappa shape index (κ3) is 4.46. The summed E-state index contributed by atoms with van der Waals surface area (Å²) in [6.45, 7) is 0.364. The summed E-state index contributed by atoms with van der Waals surface area (Å²) < 4.78 is 5.35. The molecule has 0 fully saturated rings. The Morgan fingerprint density at radius 3 is 2.67 bits per heavy atom. The summed E-state index contributed by atoms with van der Waals surface area (Å²) in [5, 5.41) is 10.3. The van der Waals surface area contributed by atoms with E-state index in [1.165, 1.54) is 6.20 Å². The van der Waals surface area contributed by atoms with Gasteiger partial charge in [-0.05, 0) is 18.2 Å². The van der Waals surface area contributed by atoms with Gasteiger partial charge in [-0.25, -0.2) is 4.99 Å². The van der Waals surface area contributed by atoms with Crippen LogP contribution in [0.5, 0.6) is 5.75 Å². The van der Waals surface area contributed by atoms with Crippen molar-refractivity contribution in [3.63, 3.8) is 0 Å². The van der Waals surface area contributed by atoms with Crippen LogP contribution in [0.25, 0.3) is 17.0 Å². The molecule has 138 valence electrons. The van der Waals surface area contributed by atoms with Crippen LogP contribution in [0.2, 0.25) is 0 Å². The Labute approximate surface area is 157 Å². The number of methoxy groups -OCH3 is 1. The molecule has 0 unspecified atom stereocenters. The average Bonchev–Trinajstić information content (AvgIpc) is 3.20. The summed E-state index contributed by atoms with van der Waals surface area (Å²) in [4.78, 5) is 4.35. The van der Waals surface area contributed by atoms with E-state index in [1.807, 2.05) is 60.7 Å². The van der Waals surface area contributed by atoms with E-state index < -0.39 is 0 Å². The molecule has 0 saturated heterocycles. The molecule has 3 aromatic rings. The number of para-hydroxylation sites is 1. The van der Waals surface area contributed by atoms with E-state index in [2.05, 4.69) is 20.5 Å². The maximum Gasteiger partial charge on any atom is 0.193 e. The predicted molar refractivity (Wildman–Crippen MR) is 108 cm³/mol. The van der Waals surface area contributed by atoms with E-state index in [0.29, 0.717) is 18.0 Å². The molecule has 2 aromatic carbocycles. The molecular formula is C20H22N6O. The minimum absolute atomic E-state index is 0.244. The van der Waals surface area contributed by atoms with Gasteiger partial charge >= 0.3 is 0 Å². The fourth-order valence-electron chi connectivity index (χ4n) is 2.61. The van der Waals surface area contributed by atoms with Gasteiger partial charge in [0.25, 0.3) is 0 Å². The molecule has 0 atom stereocenters. The molecule has 7 nitrogen and oxygen atoms in total. The molecule has 0 saturated carbocycles. The molecule has 0 amide bonds. The molecule has 7 heteroatoms. The minimum Gasteiger partial charge on any atom is -0.496 e. The van der Waals surface area contributed by atoms with Gasteiger partial charge in [-0.15, -0.1) is 0 Å². The summed E-state index contributed by atoms with van der Waals surface area (Å²) in [6.07, 6.45) is 1.43. The highest BCUT2D eigenvalue weighted by atomic mass is 16.5. The van der Waals surface area contributed by atoms with Crippen LogP contribution in [0.1, 0.15) is 11.3 Å². The highest BCUT2D eigenvalue weighted by molar-refractivity contribution is 5.88. The summed E-state index contributed by atoms with van der Waals surface area (Å²) in [7, 11) is 1.60. The molecule has 0 aliphatic carbocycles. The highest BCUT2D eigenvalue weighted by Crippen LogP contribution is 2.23. The maximum atomic E-state index is 6.01. The second-order valence-electron chi connectivity index (χ2n) is 5.75. The van der Waals surface area contributed by atoms with E-state index in [1.54, 1.807) is 7.11 Å². The zero-order chi connectivity index (χ0) is 19.1. The number of aromatic amines is 1. The van der Waals surface area contributed by atoms with Crippen molar-refractivity contribution in [1.29, 1.82) is 0 Å². The van der Waals surface area contributed by atoms with Crippen molar-refractivity contribution in [1.82, 2.24) is 15.5 Å². The van der Waals surface area contributed by atoms with Gasteiger partial charge in [-0.2, -0.15) is 5.10 Å². The zero-order valence-electron chi connectivity index (χ0n) is 15.0. The van der Waals surface area contributed by atoms with Gasteiger partial charge < -0.3 is 21.5 Å². The fourth-order valence-corrected chi connectivity index (χ4v) is 2.61. The number of ether oxygens (including phenoxy) is 1. The average molecular weight is 362 g/mol. The lowest BCUT2D eigenvalue weighted by atomic mass is 10.1. The lowest BCUT2D eigenvalue weighted by Crippen LogP contribution is -2.31. The first-order chi connectivity index (χ1) is 13.2. The molecule has 1 heterocycles. The third-order valence-corrected chi connectivity index (χ3v) is 3.95. The lowest BCUT2D eigenvalue weighted by molar-refractivity contribution is 0.413. The van der Waals surface area contributed by atoms with E-state index in [9.17, 15) is 0 Å². The number of aliphatic imine (C=N–C) groups is 1. The topological polar surface area (TPSA) is 114 Å². The van der Waals surface area contributed by atoms with Crippen LogP contribution in [0, 0.1) is 0 Å². The van der Waals surface area contributed by atoms with Crippen LogP contribution >= 0.6 is 0 Å². The van der Waals surface area contributed by atoms with Crippen LogP contribution < -0.4 is 21.5 Å². The van der Waals surface area contributed by atoms with Gasteiger partial charge in [0.15, 0.2) is 5.96 Å². The second kappa shape index (κ2) is 8.57. The fraction of sp³-hybridized carbons (Fsp3) is 0.100. The van der Waals surface area contributed by atoms with Crippen LogP contribution in [-0.2, 0) is 6.54 Å². The number of benzene rings is 2. The number of hydrogen-bond donors (Lipinski definition) is 4. The van der Waals surface area contributed by atoms with Crippen LogP contribution in [-0.4, -0.2) is 23.3 Å². The van der Waals surface area contributed by atoms with Crippen molar-refractivity contribution in [2.75, 3.05) is 7.11 Å². The smallest absolute Gasteiger partial charge is 0.193 e. The van der Waals surface area contributed by atoms with Gasteiger partial charge in [0.1, 0.15) is 5.75 Å². The first-order valence-electron chi connectivity index (χ1n) is 8.43. The Hall–Kier alpha value is -3.74. The summed E-state index contributed by atoms with van der Waals surface area (Å²) in [5.41, 5.74) is 15.9. The highest BCUT2D eigenvalue weighted by Gasteiger charge is 2.09. The number of nitrogens with zero attached hydrogens (tertiary/aromatic N) is 2. The molecule has 6 N–H and O–H groups in total. The van der Waals surface area contributed by atoms with E-state index in [0.717, 1.165) is 22.5 Å². The van der Waals surface area contributed by atoms with Crippen LogP contribution in [0.15, 0.2) is 71.9 Å². The van der Waals surface area contributed by atoms with E-state index >= 15 is 0 Å². The quantitative estimate of drug-likeness (QED) is 0.397. The van der Waals surface area contributed by atoms with E-state index in [-0.39, 0.29) is 5.96 Å². The molecule has 0 bridgehead atoms. The zero-order valence-corrected chi connectivity index (χ0v) is 15.0. The molecule has 0 aliphatic rings. The van der Waals surface area contributed by atoms with Gasteiger partial charge in [-0.3, -0.25) is 5.10 Å². The standard InChI is InChI=1S/C20H22N6O/c1-27-19-10-6-5-9-16(19)18(12-21)24-20(22)23-13-15-11-17(26-25-15)14-7-3-2-4-8-14/h2-12H,13,21H2,1H3,(H,25,26)(H3,22,23,24)/b18-12-. The molecule has 1 aromatic heterocycles. The number of rotatable bonds is 6. The second-order valence-corrected chi connectivity index (χ2v) is 5.75. The van der Waals surface area contributed by atoms with Crippen molar-refractivity contribution in [2.45, 2.75) is 6.54 Å². The number of hydrogen-bond acceptors (Lipinski definition) is 4. The SMILES string of the molecule is COc1ccccc1/C(=C/N)NC(N)=NCc1cc(-c2ccccc2)n[nH]1. The Kier molecular flexibility index (Phi) is 5.73. The maximum absolute atomic E-state index is 6.01. The largest absolute Gasteiger partial charge is 0.496 e. The van der Waals surface area contributed by atoms with Crippen molar-refractivity contribution in [3.05, 3.63) is 78.1 Å². The molecule has 3 rings (SSSR count). The number of H-pyrrole nitrogens is 1. The van der Waals surface area contributed by atoms with Crippen LogP contribution in [0.3, 0.4) is 0 Å². The first kappa shape index (κ1) is 18.1. The predicted octanol–water partition coefficient (Wildman–Crippen LogP) is 2.45. The monoisotopic (exact) mass is 362 g/mol. The molecule has 0 aliphatic heterocycles. The molecule has 0 radical (unpaired) electrons. The summed E-state index contributed by atoms with van der Waals surface area (Å²) in [6, 6.07) is 19.4. The Morgan fingerprint density at radius 2 is 1.93 bits per heavy atom. The van der Waals surface area contributed by atoms with Gasteiger partial charge in [0.05, 0.1) is 30.7 Å². The number of aromatic nitrogens is 2. The van der Waals surface area contributed by atoms with Crippen molar-refractivity contribution in [3.8, 4) is 17.0 Å². The van der Waals surface area contributed by atoms with Crippen LogP contribution in [0.4, 0.5) is 0 Å². The Balaban J connectivity index is 1.68. The Morgan fingerprint density at radius 1 is 1.19 bits per heavy atom. The number of nitrogens with two attached hydrogens (primary N) is 2. The van der Waals surface area contributed by atoms with Gasteiger partial charge in [0.2, 0.25) is 0 Å². The molecular weight excluding hydrogens is 340 g/mol. The van der Waals surface area contributed by atoms with Crippen molar-refractivity contribution in [2.24, 2.45) is 16.5 Å². The van der Waals surface area contributed by atoms with Crippen molar-refractivity contribution >= 4 is 11.7 Å². The Bertz CT molecular complexity index is 946. The summed E-state index contributed by atoms with van der Waals surface area (Å²) >= 11 is 0. The van der Waals surface area contributed by atoms with Gasteiger partial charge in [-0.1, -0.05) is 42.5 Å². The minimum atomic E-state index is 0.244.